The Morgan fingerprint density at radius 1 is 1.42 bits per heavy atom. The maximum absolute atomic E-state index is 12.2. The molecule has 0 aromatic carbocycles. The van der Waals surface area contributed by atoms with Crippen molar-refractivity contribution < 1.29 is 9.53 Å². The van der Waals surface area contributed by atoms with E-state index < -0.39 is 0 Å². The second kappa shape index (κ2) is 9.58. The van der Waals surface area contributed by atoms with Crippen LogP contribution < -0.4 is 10.6 Å². The number of hydrogen-bond acceptors (Lipinski definition) is 5. The van der Waals surface area contributed by atoms with Crippen LogP contribution in [0.1, 0.15) is 12.2 Å². The maximum atomic E-state index is 12.2. The van der Waals surface area contributed by atoms with E-state index in [2.05, 4.69) is 20.6 Å². The number of halogens is 2. The number of imidazole rings is 1. The summed E-state index contributed by atoms with van der Waals surface area (Å²) in [5, 5.41) is 6.20. The fourth-order valence-corrected chi connectivity index (χ4v) is 2.46. The third-order valence-electron chi connectivity index (χ3n) is 3.54. The fourth-order valence-electron chi connectivity index (χ4n) is 2.46. The third kappa shape index (κ3) is 4.91. The van der Waals surface area contributed by atoms with E-state index in [0.717, 1.165) is 12.4 Å². The van der Waals surface area contributed by atoms with Crippen LogP contribution in [-0.4, -0.2) is 46.2 Å². The Morgan fingerprint density at radius 2 is 2.25 bits per heavy atom. The summed E-state index contributed by atoms with van der Waals surface area (Å²) in [6, 6.07) is 3.70. The van der Waals surface area contributed by atoms with Crippen LogP contribution in [0.4, 0.5) is 5.69 Å². The lowest BCUT2D eigenvalue weighted by Crippen LogP contribution is -2.43. The molecule has 2 aromatic rings. The Morgan fingerprint density at radius 3 is 2.92 bits per heavy atom. The van der Waals surface area contributed by atoms with Gasteiger partial charge in [0.2, 0.25) is 5.91 Å². The van der Waals surface area contributed by atoms with E-state index in [4.69, 9.17) is 4.74 Å². The molecule has 1 unspecified atom stereocenters. The lowest BCUT2D eigenvalue weighted by atomic mass is 10.2. The first kappa shape index (κ1) is 20.4. The third-order valence-corrected chi connectivity index (χ3v) is 3.54. The molecule has 0 radical (unpaired) electrons. The summed E-state index contributed by atoms with van der Waals surface area (Å²) in [5.74, 6) is 1.42. The molecule has 1 fully saturated rings. The van der Waals surface area contributed by atoms with Gasteiger partial charge in [-0.1, -0.05) is 0 Å². The van der Waals surface area contributed by atoms with Crippen molar-refractivity contribution in [3.05, 3.63) is 36.5 Å². The van der Waals surface area contributed by atoms with E-state index in [0.29, 0.717) is 31.1 Å². The summed E-state index contributed by atoms with van der Waals surface area (Å²) in [4.78, 5) is 20.8. The predicted molar refractivity (Wildman–Crippen MR) is 96.4 cm³/mol. The minimum absolute atomic E-state index is 0. The smallest absolute Gasteiger partial charge is 0.226 e. The zero-order chi connectivity index (χ0) is 15.4. The Hall–Kier alpha value is -1.67. The number of rotatable bonds is 4. The molecule has 1 amide bonds. The molecule has 1 atom stereocenters. The average Bonchev–Trinajstić information content (AvgIpc) is 2.95. The number of ether oxygens (including phenoxy) is 1. The van der Waals surface area contributed by atoms with E-state index in [-0.39, 0.29) is 36.8 Å². The number of nitrogens with zero attached hydrogens (tertiary/aromatic N) is 3. The largest absolute Gasteiger partial charge is 0.378 e. The summed E-state index contributed by atoms with van der Waals surface area (Å²) < 4.78 is 7.21. The number of anilines is 1. The van der Waals surface area contributed by atoms with Crippen molar-refractivity contribution in [2.45, 2.75) is 19.4 Å². The van der Waals surface area contributed by atoms with E-state index in [9.17, 15) is 4.79 Å². The molecule has 9 heteroatoms. The van der Waals surface area contributed by atoms with Gasteiger partial charge in [-0.3, -0.25) is 9.36 Å². The highest BCUT2D eigenvalue weighted by Gasteiger charge is 2.18. The molecule has 0 aliphatic carbocycles. The second-order valence-corrected chi connectivity index (χ2v) is 5.20. The summed E-state index contributed by atoms with van der Waals surface area (Å²) in [5.41, 5.74) is 0.672. The second-order valence-electron chi connectivity index (χ2n) is 5.20. The molecule has 2 N–H and O–H groups in total. The highest BCUT2D eigenvalue weighted by molar-refractivity contribution is 5.92. The van der Waals surface area contributed by atoms with Gasteiger partial charge in [-0.2, -0.15) is 0 Å². The monoisotopic (exact) mass is 373 g/mol. The van der Waals surface area contributed by atoms with Gasteiger partial charge in [0.25, 0.3) is 0 Å². The Labute approximate surface area is 153 Å². The first-order valence-electron chi connectivity index (χ1n) is 7.30. The summed E-state index contributed by atoms with van der Waals surface area (Å²) in [7, 11) is 0. The molecular weight excluding hydrogens is 353 g/mol. The number of amides is 1. The zero-order valence-corrected chi connectivity index (χ0v) is 14.9. The van der Waals surface area contributed by atoms with Crippen molar-refractivity contribution in [2.24, 2.45) is 0 Å². The number of pyridine rings is 1. The van der Waals surface area contributed by atoms with Gasteiger partial charge in [0.1, 0.15) is 5.82 Å². The van der Waals surface area contributed by atoms with Crippen molar-refractivity contribution in [2.75, 3.05) is 25.1 Å². The Balaban J connectivity index is 0.00000144. The van der Waals surface area contributed by atoms with Crippen LogP contribution in [0.2, 0.25) is 0 Å². The average molecular weight is 374 g/mol. The van der Waals surface area contributed by atoms with Gasteiger partial charge in [-0.05, 0) is 19.1 Å². The molecule has 7 nitrogen and oxygen atoms in total. The number of nitrogens with one attached hydrogen (secondary N) is 2. The van der Waals surface area contributed by atoms with Crippen molar-refractivity contribution in [1.82, 2.24) is 19.9 Å². The molecule has 0 bridgehead atoms. The lowest BCUT2D eigenvalue weighted by molar-refractivity contribution is -0.117. The highest BCUT2D eigenvalue weighted by Crippen LogP contribution is 2.18. The Kier molecular flexibility index (Phi) is 8.14. The van der Waals surface area contributed by atoms with Crippen molar-refractivity contribution in [3.8, 4) is 5.82 Å². The summed E-state index contributed by atoms with van der Waals surface area (Å²) in [6.45, 7) is 3.94. The first-order chi connectivity index (χ1) is 10.7. The molecule has 3 heterocycles. The molecule has 0 saturated carbocycles. The molecule has 0 spiro atoms. The number of aryl methyl sites for hydroxylation is 1. The van der Waals surface area contributed by atoms with Crippen LogP contribution >= 0.6 is 24.8 Å². The van der Waals surface area contributed by atoms with Gasteiger partial charge in [0, 0.05) is 37.6 Å². The zero-order valence-electron chi connectivity index (χ0n) is 13.3. The fraction of sp³-hybridized carbons (Fsp3) is 0.400. The van der Waals surface area contributed by atoms with Crippen LogP contribution in [0.5, 0.6) is 0 Å². The molecule has 1 saturated heterocycles. The quantitative estimate of drug-likeness (QED) is 0.852. The van der Waals surface area contributed by atoms with Gasteiger partial charge in [0.15, 0.2) is 5.82 Å². The molecular formula is C15H21Cl2N5O2. The lowest BCUT2D eigenvalue weighted by Gasteiger charge is -2.23. The van der Waals surface area contributed by atoms with Gasteiger partial charge in [0.05, 0.1) is 18.9 Å². The van der Waals surface area contributed by atoms with E-state index in [1.807, 2.05) is 23.8 Å². The van der Waals surface area contributed by atoms with Gasteiger partial charge in [-0.15, -0.1) is 24.8 Å². The molecule has 2 aromatic heterocycles. The highest BCUT2D eigenvalue weighted by atomic mass is 35.5. The van der Waals surface area contributed by atoms with Crippen LogP contribution in [0.15, 0.2) is 30.7 Å². The first-order valence-corrected chi connectivity index (χ1v) is 7.30. The summed E-state index contributed by atoms with van der Waals surface area (Å²) >= 11 is 0. The van der Waals surface area contributed by atoms with E-state index >= 15 is 0 Å². The number of carbonyl (C=O) groups excluding carboxylic acids is 1. The number of carbonyl (C=O) groups is 1. The topological polar surface area (TPSA) is 81.1 Å². The minimum atomic E-state index is -0.0602. The van der Waals surface area contributed by atoms with Crippen LogP contribution in [0, 0.1) is 6.92 Å². The van der Waals surface area contributed by atoms with Crippen LogP contribution in [-0.2, 0) is 9.53 Å². The summed E-state index contributed by atoms with van der Waals surface area (Å²) in [6.07, 6.45) is 5.60. The van der Waals surface area contributed by atoms with Crippen LogP contribution in [0.25, 0.3) is 5.82 Å². The Bertz CT molecular complexity index is 659. The van der Waals surface area contributed by atoms with Crippen molar-refractivity contribution in [1.29, 1.82) is 0 Å². The standard InChI is InChI=1S/C15H19N5O2.2ClH/c1-11-16-5-7-20(11)15-13(3-2-4-18-15)19-14(21)9-12-10-22-8-6-17-12;;/h2-5,7,12,17H,6,8-10H2,1H3,(H,19,21);2*1H. The van der Waals surface area contributed by atoms with Crippen molar-refractivity contribution in [3.63, 3.8) is 0 Å². The maximum Gasteiger partial charge on any atom is 0.226 e. The van der Waals surface area contributed by atoms with Gasteiger partial charge >= 0.3 is 0 Å². The number of morpholine rings is 1. The molecule has 1 aliphatic heterocycles. The number of aromatic nitrogens is 3. The predicted octanol–water partition coefficient (Wildman–Crippen LogP) is 1.74. The molecule has 132 valence electrons. The van der Waals surface area contributed by atoms with E-state index in [1.165, 1.54) is 0 Å². The van der Waals surface area contributed by atoms with Crippen molar-refractivity contribution >= 4 is 36.4 Å². The number of hydrogen-bond donors (Lipinski definition) is 2. The molecule has 3 rings (SSSR count). The van der Waals surface area contributed by atoms with E-state index in [1.54, 1.807) is 18.5 Å². The SMILES string of the molecule is Cc1nccn1-c1ncccc1NC(=O)CC1COCCN1.Cl.Cl. The minimum Gasteiger partial charge on any atom is -0.378 e. The normalized spacial score (nSPS) is 16.6. The van der Waals surface area contributed by atoms with Crippen LogP contribution in [0.3, 0.4) is 0 Å². The molecule has 1 aliphatic rings. The van der Waals surface area contributed by atoms with Gasteiger partial charge in [-0.25, -0.2) is 9.97 Å². The van der Waals surface area contributed by atoms with Gasteiger partial charge < -0.3 is 15.4 Å². The molecule has 24 heavy (non-hydrogen) atoms.